The van der Waals surface area contributed by atoms with Crippen molar-refractivity contribution in [2.75, 3.05) is 26.2 Å². The first-order valence-corrected chi connectivity index (χ1v) is 10.7. The van der Waals surface area contributed by atoms with Crippen molar-refractivity contribution in [2.45, 2.75) is 26.2 Å². The number of nitrogens with one attached hydrogen (secondary N) is 1. The first-order valence-electron chi connectivity index (χ1n) is 9.86. The Morgan fingerprint density at radius 2 is 1.83 bits per heavy atom. The lowest BCUT2D eigenvalue weighted by Gasteiger charge is -2.15. The molecule has 6 nitrogen and oxygen atoms in total. The van der Waals surface area contributed by atoms with Crippen molar-refractivity contribution >= 4 is 34.7 Å². The highest BCUT2D eigenvalue weighted by Crippen LogP contribution is 2.35. The van der Waals surface area contributed by atoms with E-state index in [9.17, 15) is 9.59 Å². The van der Waals surface area contributed by atoms with Crippen molar-refractivity contribution in [3.05, 3.63) is 58.5 Å². The van der Waals surface area contributed by atoms with Gasteiger partial charge in [0.1, 0.15) is 11.5 Å². The molecule has 0 atom stereocenters. The topological polar surface area (TPSA) is 67.9 Å². The number of aryl methyl sites for hydroxylation is 1. The fourth-order valence-corrected chi connectivity index (χ4v) is 3.88. The standard InChI is InChI=1S/C23H26N2O4S/c1-4-5-6-16-7-10-18(11-8-16)24-15-25-22(26)21(30-23(25)27)13-17-9-12-19(28-2)14-20(17)29-3/h7-14,24H,4-6,15H2,1-3H3/b21-13-. The van der Waals surface area contributed by atoms with Crippen molar-refractivity contribution < 1.29 is 19.1 Å². The van der Waals surface area contributed by atoms with Gasteiger partial charge < -0.3 is 14.8 Å². The molecule has 0 spiro atoms. The SMILES string of the molecule is CCCCc1ccc(NCN2C(=O)S/C(=C\c3ccc(OC)cc3OC)C2=O)cc1. The van der Waals surface area contributed by atoms with Crippen LogP contribution in [0.15, 0.2) is 47.4 Å². The molecule has 3 rings (SSSR count). The number of imide groups is 1. The van der Waals surface area contributed by atoms with Crippen LogP contribution in [0.1, 0.15) is 30.9 Å². The monoisotopic (exact) mass is 426 g/mol. The molecule has 1 aliphatic heterocycles. The molecule has 2 aromatic carbocycles. The molecule has 1 heterocycles. The van der Waals surface area contributed by atoms with Crippen LogP contribution in [0, 0.1) is 0 Å². The smallest absolute Gasteiger partial charge is 0.295 e. The summed E-state index contributed by atoms with van der Waals surface area (Å²) in [5.74, 6) is 0.902. The Hall–Kier alpha value is -2.93. The van der Waals surface area contributed by atoms with E-state index in [1.54, 1.807) is 38.5 Å². The quantitative estimate of drug-likeness (QED) is 0.559. The average molecular weight is 427 g/mol. The minimum absolute atomic E-state index is 0.121. The summed E-state index contributed by atoms with van der Waals surface area (Å²) in [4.78, 5) is 26.7. The minimum atomic E-state index is -0.324. The zero-order valence-corrected chi connectivity index (χ0v) is 18.3. The number of benzene rings is 2. The van der Waals surface area contributed by atoms with Crippen molar-refractivity contribution in [1.29, 1.82) is 0 Å². The van der Waals surface area contributed by atoms with Crippen LogP contribution in [-0.4, -0.2) is 36.9 Å². The number of ether oxygens (including phenoxy) is 2. The molecule has 30 heavy (non-hydrogen) atoms. The first kappa shape index (κ1) is 21.8. The maximum absolute atomic E-state index is 12.7. The summed E-state index contributed by atoms with van der Waals surface area (Å²) in [6, 6.07) is 13.4. The fourth-order valence-electron chi connectivity index (χ4n) is 3.06. The fraction of sp³-hybridized carbons (Fsp3) is 0.304. The van der Waals surface area contributed by atoms with E-state index >= 15 is 0 Å². The molecule has 1 N–H and O–H groups in total. The van der Waals surface area contributed by atoms with Crippen LogP contribution in [0.3, 0.4) is 0 Å². The van der Waals surface area contributed by atoms with Gasteiger partial charge in [-0.3, -0.25) is 14.5 Å². The third kappa shape index (κ3) is 5.16. The predicted octanol–water partition coefficient (Wildman–Crippen LogP) is 5.15. The van der Waals surface area contributed by atoms with Crippen LogP contribution >= 0.6 is 11.8 Å². The zero-order valence-electron chi connectivity index (χ0n) is 17.4. The van der Waals surface area contributed by atoms with Crippen LogP contribution in [0.5, 0.6) is 11.5 Å². The van der Waals surface area contributed by atoms with Crippen molar-refractivity contribution in [3.8, 4) is 11.5 Å². The molecule has 0 bridgehead atoms. The molecule has 0 aromatic heterocycles. The number of unbranched alkanes of at least 4 members (excludes halogenated alkanes) is 1. The van der Waals surface area contributed by atoms with Gasteiger partial charge in [-0.05, 0) is 60.5 Å². The number of carbonyl (C=O) groups is 2. The molecule has 158 valence electrons. The summed E-state index contributed by atoms with van der Waals surface area (Å²) < 4.78 is 10.6. The van der Waals surface area contributed by atoms with E-state index in [2.05, 4.69) is 24.4 Å². The van der Waals surface area contributed by atoms with Crippen LogP contribution in [-0.2, 0) is 11.2 Å². The van der Waals surface area contributed by atoms with E-state index in [0.717, 1.165) is 36.7 Å². The second-order valence-corrected chi connectivity index (χ2v) is 7.85. The van der Waals surface area contributed by atoms with Gasteiger partial charge in [-0.1, -0.05) is 25.5 Å². The van der Waals surface area contributed by atoms with E-state index in [0.29, 0.717) is 22.0 Å². The number of methoxy groups -OCH3 is 2. The summed E-state index contributed by atoms with van der Waals surface area (Å²) in [6.45, 7) is 2.29. The van der Waals surface area contributed by atoms with E-state index in [1.165, 1.54) is 10.5 Å². The molecule has 7 heteroatoms. The number of carbonyl (C=O) groups excluding carboxylic acids is 2. The first-order chi connectivity index (χ1) is 14.5. The number of thioether (sulfide) groups is 1. The van der Waals surface area contributed by atoms with Crippen LogP contribution in [0.25, 0.3) is 6.08 Å². The molecular formula is C23H26N2O4S. The van der Waals surface area contributed by atoms with Gasteiger partial charge in [-0.15, -0.1) is 0 Å². The Morgan fingerprint density at radius 1 is 1.07 bits per heavy atom. The van der Waals surface area contributed by atoms with Gasteiger partial charge in [0.05, 0.1) is 25.8 Å². The van der Waals surface area contributed by atoms with E-state index < -0.39 is 0 Å². The molecule has 0 aliphatic carbocycles. The van der Waals surface area contributed by atoms with E-state index in [4.69, 9.17) is 9.47 Å². The Kier molecular flexibility index (Phi) is 7.41. The summed E-state index contributed by atoms with van der Waals surface area (Å²) in [5.41, 5.74) is 2.86. The zero-order chi connectivity index (χ0) is 21.5. The Labute approximate surface area is 181 Å². The average Bonchev–Trinajstić information content (AvgIpc) is 3.04. The number of hydrogen-bond acceptors (Lipinski definition) is 6. The second kappa shape index (κ2) is 10.2. The molecule has 2 aromatic rings. The van der Waals surface area contributed by atoms with Crippen LogP contribution in [0.4, 0.5) is 10.5 Å². The van der Waals surface area contributed by atoms with Gasteiger partial charge in [0, 0.05) is 17.3 Å². The van der Waals surface area contributed by atoms with Gasteiger partial charge in [0.2, 0.25) is 0 Å². The number of amides is 2. The van der Waals surface area contributed by atoms with Gasteiger partial charge in [0.15, 0.2) is 0 Å². The molecule has 1 fully saturated rings. The minimum Gasteiger partial charge on any atom is -0.497 e. The van der Waals surface area contributed by atoms with Gasteiger partial charge in [-0.2, -0.15) is 0 Å². The van der Waals surface area contributed by atoms with Gasteiger partial charge in [0.25, 0.3) is 11.1 Å². The Morgan fingerprint density at radius 3 is 2.50 bits per heavy atom. The third-order valence-electron chi connectivity index (χ3n) is 4.82. The maximum atomic E-state index is 12.7. The summed E-state index contributed by atoms with van der Waals surface area (Å²) in [5, 5.41) is 2.86. The van der Waals surface area contributed by atoms with Crippen molar-refractivity contribution in [2.24, 2.45) is 0 Å². The van der Waals surface area contributed by atoms with Crippen molar-refractivity contribution in [1.82, 2.24) is 4.90 Å². The number of anilines is 1. The number of hydrogen-bond donors (Lipinski definition) is 1. The lowest BCUT2D eigenvalue weighted by molar-refractivity contribution is -0.122. The van der Waals surface area contributed by atoms with Gasteiger partial charge in [-0.25, -0.2) is 0 Å². The Balaban J connectivity index is 1.67. The van der Waals surface area contributed by atoms with Gasteiger partial charge >= 0.3 is 0 Å². The highest BCUT2D eigenvalue weighted by Gasteiger charge is 2.35. The lowest BCUT2D eigenvalue weighted by Crippen LogP contribution is -2.33. The number of rotatable bonds is 9. The lowest BCUT2D eigenvalue weighted by atomic mass is 10.1. The van der Waals surface area contributed by atoms with Crippen LogP contribution in [0.2, 0.25) is 0 Å². The van der Waals surface area contributed by atoms with Crippen LogP contribution < -0.4 is 14.8 Å². The molecule has 1 saturated heterocycles. The Bertz CT molecular complexity index is 941. The summed E-state index contributed by atoms with van der Waals surface area (Å²) in [7, 11) is 3.13. The van der Waals surface area contributed by atoms with E-state index in [1.807, 2.05) is 12.1 Å². The molecular weight excluding hydrogens is 400 g/mol. The normalized spacial score (nSPS) is 15.0. The number of nitrogens with zero attached hydrogens (tertiary/aromatic N) is 1. The van der Waals surface area contributed by atoms with E-state index in [-0.39, 0.29) is 17.8 Å². The molecule has 0 saturated carbocycles. The molecule has 1 aliphatic rings. The maximum Gasteiger partial charge on any atom is 0.295 e. The molecule has 0 unspecified atom stereocenters. The summed E-state index contributed by atoms with van der Waals surface area (Å²) in [6.07, 6.45) is 5.05. The summed E-state index contributed by atoms with van der Waals surface area (Å²) >= 11 is 0.924. The largest absolute Gasteiger partial charge is 0.497 e. The third-order valence-corrected chi connectivity index (χ3v) is 5.72. The highest BCUT2D eigenvalue weighted by molar-refractivity contribution is 8.18. The molecule has 0 radical (unpaired) electrons. The van der Waals surface area contributed by atoms with Crippen molar-refractivity contribution in [3.63, 3.8) is 0 Å². The predicted molar refractivity (Wildman–Crippen MR) is 121 cm³/mol. The second-order valence-electron chi connectivity index (χ2n) is 6.85. The highest BCUT2D eigenvalue weighted by atomic mass is 32.2. The molecule has 2 amide bonds.